The molecule has 4 nitrogen and oxygen atoms in total. The van der Waals surface area contributed by atoms with Crippen LogP contribution < -0.4 is 0 Å². The van der Waals surface area contributed by atoms with E-state index in [1.54, 1.807) is 0 Å². The van der Waals surface area contributed by atoms with Crippen molar-refractivity contribution in [3.8, 4) is 11.4 Å². The van der Waals surface area contributed by atoms with Gasteiger partial charge in [0.1, 0.15) is 0 Å². The summed E-state index contributed by atoms with van der Waals surface area (Å²) in [4.78, 5) is 0. The second kappa shape index (κ2) is 9.25. The summed E-state index contributed by atoms with van der Waals surface area (Å²) in [5, 5.41) is 26.8. The lowest BCUT2D eigenvalue weighted by Gasteiger charge is -2.18. The maximum Gasteiger partial charge on any atom is 0.0638 e. The lowest BCUT2D eigenvalue weighted by Crippen LogP contribution is -2.07. The third kappa shape index (κ3) is 3.28. The summed E-state index contributed by atoms with van der Waals surface area (Å²) in [5.41, 5.74) is 7.60. The average Bonchev–Trinajstić information content (AvgIpc) is 3.61. The van der Waals surface area contributed by atoms with Crippen LogP contribution in [0.25, 0.3) is 76.5 Å². The van der Waals surface area contributed by atoms with Crippen molar-refractivity contribution in [3.05, 3.63) is 145 Å². The maximum absolute atomic E-state index is 8.62. The van der Waals surface area contributed by atoms with E-state index >= 15 is 0 Å². The fourth-order valence-corrected chi connectivity index (χ4v) is 7.26. The van der Waals surface area contributed by atoms with Crippen LogP contribution in [0.2, 0.25) is 0 Å². The molecular weight excluding hydrogens is 536 g/mol. The van der Waals surface area contributed by atoms with E-state index in [0.29, 0.717) is 0 Å². The van der Waals surface area contributed by atoms with E-state index in [4.69, 9.17) is 10.8 Å². The molecule has 7 aromatic carbocycles. The molecule has 206 valence electrons. The molecule has 4 heteroatoms. The van der Waals surface area contributed by atoms with E-state index in [2.05, 4.69) is 130 Å². The molecule has 0 fully saturated rings. The molecule has 2 heterocycles. The van der Waals surface area contributed by atoms with Crippen LogP contribution in [0.5, 0.6) is 0 Å². The Morgan fingerprint density at radius 1 is 0.409 bits per heavy atom. The van der Waals surface area contributed by atoms with Crippen molar-refractivity contribution in [1.29, 1.82) is 10.8 Å². The van der Waals surface area contributed by atoms with Gasteiger partial charge in [0.2, 0.25) is 0 Å². The zero-order valence-corrected chi connectivity index (χ0v) is 23.8. The molecule has 2 aromatic heterocycles. The van der Waals surface area contributed by atoms with Gasteiger partial charge in [-0.05, 0) is 57.9 Å². The second-order valence-corrected chi connectivity index (χ2v) is 11.3. The minimum Gasteiger partial charge on any atom is -0.309 e. The van der Waals surface area contributed by atoms with Gasteiger partial charge in [-0.15, -0.1) is 0 Å². The van der Waals surface area contributed by atoms with Crippen LogP contribution in [0.3, 0.4) is 0 Å². The Bertz CT molecular complexity index is 2480. The zero-order valence-electron chi connectivity index (χ0n) is 23.8. The first-order valence-corrected chi connectivity index (χ1v) is 14.8. The molecular formula is C40H26N4. The Hall–Kier alpha value is -6.00. The molecule has 0 saturated carbocycles. The highest BCUT2D eigenvalue weighted by atomic mass is 15.0. The standard InChI is InChI=1S/C40H26N4/c41-23-27-21-29(22-28(24-42)40(27)44-34-15-7-5-13-32(34)33-14-6-8-16-35(33)44)43-36-19-17-25-9-1-3-11-30(25)38(36)39-31-12-4-2-10-26(31)18-20-37(39)43/h1-24,41-42H. The molecule has 0 saturated heterocycles. The van der Waals surface area contributed by atoms with Crippen LogP contribution in [-0.2, 0) is 0 Å². The summed E-state index contributed by atoms with van der Waals surface area (Å²) in [7, 11) is 0. The van der Waals surface area contributed by atoms with Crippen molar-refractivity contribution in [2.24, 2.45) is 0 Å². The summed E-state index contributed by atoms with van der Waals surface area (Å²) in [6, 6.07) is 46.9. The third-order valence-electron chi connectivity index (χ3n) is 9.07. The molecule has 0 unspecified atom stereocenters. The fraction of sp³-hybridized carbons (Fsp3) is 0. The number of nitrogens with zero attached hydrogens (tertiary/aromatic N) is 2. The highest BCUT2D eigenvalue weighted by Crippen LogP contribution is 2.41. The molecule has 0 aliphatic heterocycles. The van der Waals surface area contributed by atoms with Gasteiger partial charge in [-0.1, -0.05) is 97.1 Å². The first-order chi connectivity index (χ1) is 21.8. The van der Waals surface area contributed by atoms with Gasteiger partial charge in [-0.25, -0.2) is 0 Å². The molecule has 9 aromatic rings. The van der Waals surface area contributed by atoms with Crippen LogP contribution >= 0.6 is 0 Å². The van der Waals surface area contributed by atoms with Crippen molar-refractivity contribution < 1.29 is 0 Å². The monoisotopic (exact) mass is 562 g/mol. The van der Waals surface area contributed by atoms with Gasteiger partial charge >= 0.3 is 0 Å². The van der Waals surface area contributed by atoms with E-state index in [0.717, 1.165) is 55.3 Å². The van der Waals surface area contributed by atoms with Gasteiger partial charge in [0.15, 0.2) is 0 Å². The molecule has 2 N–H and O–H groups in total. The lowest BCUT2D eigenvalue weighted by atomic mass is 10.00. The van der Waals surface area contributed by atoms with Crippen molar-refractivity contribution >= 4 is 77.6 Å². The molecule has 0 aliphatic carbocycles. The summed E-state index contributed by atoms with van der Waals surface area (Å²) < 4.78 is 4.52. The average molecular weight is 563 g/mol. The second-order valence-electron chi connectivity index (χ2n) is 11.3. The summed E-state index contributed by atoms with van der Waals surface area (Å²) >= 11 is 0. The van der Waals surface area contributed by atoms with Gasteiger partial charge in [0, 0.05) is 50.8 Å². The Kier molecular flexibility index (Phi) is 5.17. The largest absolute Gasteiger partial charge is 0.309 e. The van der Waals surface area contributed by atoms with E-state index in [-0.39, 0.29) is 0 Å². The number of fused-ring (bicyclic) bond motifs is 10. The molecule has 0 radical (unpaired) electrons. The van der Waals surface area contributed by atoms with Gasteiger partial charge in [-0.3, -0.25) is 0 Å². The minimum absolute atomic E-state index is 0.754. The number of nitrogens with one attached hydrogen (secondary N) is 2. The van der Waals surface area contributed by atoms with Crippen LogP contribution in [-0.4, -0.2) is 21.6 Å². The number of benzene rings is 7. The SMILES string of the molecule is N=Cc1cc(-n2c3ccc4ccccc4c3c3c4ccccc4ccc32)cc(C=N)c1-n1c2ccccc2c2ccccc21. The van der Waals surface area contributed by atoms with Crippen LogP contribution in [0, 0.1) is 10.8 Å². The molecule has 44 heavy (non-hydrogen) atoms. The molecule has 0 atom stereocenters. The smallest absolute Gasteiger partial charge is 0.0638 e. The van der Waals surface area contributed by atoms with Gasteiger partial charge in [-0.2, -0.15) is 0 Å². The predicted molar refractivity (Wildman–Crippen MR) is 186 cm³/mol. The van der Waals surface area contributed by atoms with Crippen molar-refractivity contribution in [2.45, 2.75) is 0 Å². The van der Waals surface area contributed by atoms with Gasteiger partial charge < -0.3 is 20.0 Å². The number of aromatic nitrogens is 2. The normalized spacial score (nSPS) is 11.8. The minimum atomic E-state index is 0.754. The van der Waals surface area contributed by atoms with Crippen molar-refractivity contribution in [3.63, 3.8) is 0 Å². The first kappa shape index (κ1) is 24.6. The zero-order chi connectivity index (χ0) is 29.4. The maximum atomic E-state index is 8.62. The predicted octanol–water partition coefficient (Wildman–Crippen LogP) is 10.2. The lowest BCUT2D eigenvalue weighted by molar-refractivity contribution is 1.13. The van der Waals surface area contributed by atoms with E-state index in [1.165, 1.54) is 44.7 Å². The molecule has 0 aliphatic rings. The molecule has 9 rings (SSSR count). The van der Waals surface area contributed by atoms with Gasteiger partial charge in [0.25, 0.3) is 0 Å². The van der Waals surface area contributed by atoms with Crippen LogP contribution in [0.1, 0.15) is 11.1 Å². The molecule has 0 spiro atoms. The van der Waals surface area contributed by atoms with Gasteiger partial charge in [0.05, 0.1) is 27.8 Å². The van der Waals surface area contributed by atoms with Crippen molar-refractivity contribution in [2.75, 3.05) is 0 Å². The number of rotatable bonds is 4. The highest BCUT2D eigenvalue weighted by molar-refractivity contribution is 6.28. The van der Waals surface area contributed by atoms with E-state index in [1.807, 2.05) is 12.1 Å². The van der Waals surface area contributed by atoms with Crippen LogP contribution in [0.15, 0.2) is 133 Å². The van der Waals surface area contributed by atoms with E-state index in [9.17, 15) is 0 Å². The Labute approximate surface area is 253 Å². The highest BCUT2D eigenvalue weighted by Gasteiger charge is 2.21. The first-order valence-electron chi connectivity index (χ1n) is 14.8. The Morgan fingerprint density at radius 2 is 0.841 bits per heavy atom. The molecule has 0 bridgehead atoms. The topological polar surface area (TPSA) is 57.6 Å². The number of para-hydroxylation sites is 2. The summed E-state index contributed by atoms with van der Waals surface area (Å²) in [6.07, 6.45) is 2.85. The summed E-state index contributed by atoms with van der Waals surface area (Å²) in [5.74, 6) is 0. The van der Waals surface area contributed by atoms with Crippen molar-refractivity contribution in [1.82, 2.24) is 9.13 Å². The third-order valence-corrected chi connectivity index (χ3v) is 9.07. The Balaban J connectivity index is 1.42. The number of hydrogen-bond acceptors (Lipinski definition) is 2. The Morgan fingerprint density at radius 3 is 1.32 bits per heavy atom. The quantitative estimate of drug-likeness (QED) is 0.201. The fourth-order valence-electron chi connectivity index (χ4n) is 7.26. The molecule has 0 amide bonds. The van der Waals surface area contributed by atoms with Crippen LogP contribution in [0.4, 0.5) is 0 Å². The summed E-state index contributed by atoms with van der Waals surface area (Å²) in [6.45, 7) is 0. The van der Waals surface area contributed by atoms with E-state index < -0.39 is 0 Å². The number of hydrogen-bond donors (Lipinski definition) is 2.